The highest BCUT2D eigenvalue weighted by molar-refractivity contribution is 5.68. The Labute approximate surface area is 103 Å². The molecule has 3 N–H and O–H groups in total. The number of nitrogens with two attached hydrogens (primary N) is 1. The van der Waals surface area contributed by atoms with Crippen LogP contribution in [0.1, 0.15) is 38.2 Å². The number of rotatable bonds is 3. The Morgan fingerprint density at radius 3 is 2.76 bits per heavy atom. The van der Waals surface area contributed by atoms with Crippen LogP contribution in [0.2, 0.25) is 0 Å². The minimum atomic E-state index is 0.384. The van der Waals surface area contributed by atoms with Crippen molar-refractivity contribution in [2.45, 2.75) is 32.6 Å². The van der Waals surface area contributed by atoms with Gasteiger partial charge in [-0.05, 0) is 36.5 Å². The van der Waals surface area contributed by atoms with E-state index in [1.807, 2.05) is 6.07 Å². The lowest BCUT2D eigenvalue weighted by molar-refractivity contribution is 0.362. The number of hydrogen-bond donors (Lipinski definition) is 2. The molecule has 0 spiro atoms. The highest BCUT2D eigenvalue weighted by atomic mass is 14.9. The molecule has 0 saturated heterocycles. The lowest BCUT2D eigenvalue weighted by atomic mass is 9.89. The average Bonchev–Trinajstić information content (AvgIpc) is 2.76. The van der Waals surface area contributed by atoms with Crippen LogP contribution in [-0.4, -0.2) is 6.54 Å². The standard InChI is InChI=1S/C14H19N3/c1-14(6-2-3-7-14)10-17-13-8-11(9-15)4-5-12(13)16/h4-5,8,17H,2-3,6-7,10,16H2,1H3. The van der Waals surface area contributed by atoms with Crippen molar-refractivity contribution in [2.75, 3.05) is 17.6 Å². The van der Waals surface area contributed by atoms with Crippen LogP contribution in [0.5, 0.6) is 0 Å². The second kappa shape index (κ2) is 4.67. The molecule has 1 fully saturated rings. The number of nitrogen functional groups attached to an aromatic ring is 1. The van der Waals surface area contributed by atoms with Crippen molar-refractivity contribution in [2.24, 2.45) is 5.41 Å². The van der Waals surface area contributed by atoms with Crippen LogP contribution in [0, 0.1) is 16.7 Å². The molecule has 3 heteroatoms. The Kier molecular flexibility index (Phi) is 3.23. The number of benzene rings is 1. The first-order chi connectivity index (χ1) is 8.13. The zero-order valence-electron chi connectivity index (χ0n) is 10.3. The molecule has 2 rings (SSSR count). The topological polar surface area (TPSA) is 61.8 Å². The summed E-state index contributed by atoms with van der Waals surface area (Å²) in [5.74, 6) is 0. The second-order valence-corrected chi connectivity index (χ2v) is 5.29. The van der Waals surface area contributed by atoms with Gasteiger partial charge in [0.1, 0.15) is 0 Å². The predicted octanol–water partition coefficient (Wildman–Crippen LogP) is 3.13. The maximum atomic E-state index is 8.86. The molecule has 1 aliphatic rings. The molecule has 17 heavy (non-hydrogen) atoms. The number of anilines is 2. The SMILES string of the molecule is CC1(CNc2cc(C#N)ccc2N)CCCC1. The Hall–Kier alpha value is -1.69. The lowest BCUT2D eigenvalue weighted by Crippen LogP contribution is -2.23. The molecule has 90 valence electrons. The normalized spacial score (nSPS) is 17.6. The van der Waals surface area contributed by atoms with Gasteiger partial charge >= 0.3 is 0 Å². The molecule has 1 saturated carbocycles. The molecule has 0 amide bonds. The molecule has 0 bridgehead atoms. The maximum absolute atomic E-state index is 8.86. The number of nitrogens with one attached hydrogen (secondary N) is 1. The van der Waals surface area contributed by atoms with Gasteiger partial charge in [0.05, 0.1) is 23.0 Å². The highest BCUT2D eigenvalue weighted by Gasteiger charge is 2.28. The smallest absolute Gasteiger partial charge is 0.0992 e. The first-order valence-electron chi connectivity index (χ1n) is 6.16. The summed E-state index contributed by atoms with van der Waals surface area (Å²) in [6, 6.07) is 7.50. The predicted molar refractivity (Wildman–Crippen MR) is 70.6 cm³/mol. The van der Waals surface area contributed by atoms with E-state index in [1.165, 1.54) is 25.7 Å². The molecule has 1 aromatic carbocycles. The van der Waals surface area contributed by atoms with Gasteiger partial charge in [0.25, 0.3) is 0 Å². The van der Waals surface area contributed by atoms with Gasteiger partial charge in [-0.15, -0.1) is 0 Å². The third-order valence-electron chi connectivity index (χ3n) is 3.70. The monoisotopic (exact) mass is 229 g/mol. The molecule has 0 unspecified atom stereocenters. The van der Waals surface area contributed by atoms with E-state index in [0.717, 1.165) is 12.2 Å². The van der Waals surface area contributed by atoms with Crippen LogP contribution >= 0.6 is 0 Å². The van der Waals surface area contributed by atoms with Gasteiger partial charge in [0.15, 0.2) is 0 Å². The van der Waals surface area contributed by atoms with Gasteiger partial charge in [-0.2, -0.15) is 5.26 Å². The minimum absolute atomic E-state index is 0.384. The van der Waals surface area contributed by atoms with Crippen LogP contribution < -0.4 is 11.1 Å². The largest absolute Gasteiger partial charge is 0.397 e. The Bertz CT molecular complexity index is 439. The summed E-state index contributed by atoms with van der Waals surface area (Å²) in [6.07, 6.45) is 5.20. The fourth-order valence-electron chi connectivity index (χ4n) is 2.49. The molecule has 0 aliphatic heterocycles. The van der Waals surface area contributed by atoms with Gasteiger partial charge in [-0.25, -0.2) is 0 Å². The van der Waals surface area contributed by atoms with Crippen molar-refractivity contribution in [3.63, 3.8) is 0 Å². The first-order valence-corrected chi connectivity index (χ1v) is 6.16. The van der Waals surface area contributed by atoms with E-state index in [-0.39, 0.29) is 0 Å². The van der Waals surface area contributed by atoms with E-state index in [4.69, 9.17) is 11.0 Å². The summed E-state index contributed by atoms with van der Waals surface area (Å²) in [7, 11) is 0. The zero-order chi connectivity index (χ0) is 12.3. The summed E-state index contributed by atoms with van der Waals surface area (Å²) < 4.78 is 0. The molecule has 1 aromatic rings. The lowest BCUT2D eigenvalue weighted by Gasteiger charge is -2.24. The van der Waals surface area contributed by atoms with Crippen molar-refractivity contribution >= 4 is 11.4 Å². The van der Waals surface area contributed by atoms with Crippen molar-refractivity contribution in [3.05, 3.63) is 23.8 Å². The van der Waals surface area contributed by atoms with E-state index >= 15 is 0 Å². The van der Waals surface area contributed by atoms with E-state index in [1.54, 1.807) is 12.1 Å². The summed E-state index contributed by atoms with van der Waals surface area (Å²) in [4.78, 5) is 0. The fourth-order valence-corrected chi connectivity index (χ4v) is 2.49. The highest BCUT2D eigenvalue weighted by Crippen LogP contribution is 2.37. The number of nitriles is 1. The van der Waals surface area contributed by atoms with Crippen molar-refractivity contribution in [1.29, 1.82) is 5.26 Å². The van der Waals surface area contributed by atoms with E-state index in [2.05, 4.69) is 18.3 Å². The van der Waals surface area contributed by atoms with Gasteiger partial charge in [0.2, 0.25) is 0 Å². The van der Waals surface area contributed by atoms with Crippen molar-refractivity contribution < 1.29 is 0 Å². The van der Waals surface area contributed by atoms with Crippen LogP contribution in [-0.2, 0) is 0 Å². The molecule has 1 aliphatic carbocycles. The summed E-state index contributed by atoms with van der Waals surface area (Å²) in [5.41, 5.74) is 8.54. The quantitative estimate of drug-likeness (QED) is 0.783. The average molecular weight is 229 g/mol. The van der Waals surface area contributed by atoms with Crippen LogP contribution in [0.4, 0.5) is 11.4 Å². The number of hydrogen-bond acceptors (Lipinski definition) is 3. The molecule has 0 aromatic heterocycles. The Morgan fingerprint density at radius 2 is 2.12 bits per heavy atom. The minimum Gasteiger partial charge on any atom is -0.397 e. The van der Waals surface area contributed by atoms with Gasteiger partial charge in [-0.1, -0.05) is 19.8 Å². The Morgan fingerprint density at radius 1 is 1.41 bits per heavy atom. The summed E-state index contributed by atoms with van der Waals surface area (Å²) in [5, 5.41) is 12.3. The number of nitrogens with zero attached hydrogens (tertiary/aromatic N) is 1. The van der Waals surface area contributed by atoms with E-state index < -0.39 is 0 Å². The maximum Gasteiger partial charge on any atom is 0.0992 e. The van der Waals surface area contributed by atoms with Gasteiger partial charge in [0, 0.05) is 6.54 Å². The van der Waals surface area contributed by atoms with E-state index in [9.17, 15) is 0 Å². The molecular formula is C14H19N3. The molecule has 0 atom stereocenters. The summed E-state index contributed by atoms with van der Waals surface area (Å²) >= 11 is 0. The molecule has 3 nitrogen and oxygen atoms in total. The first kappa shape index (κ1) is 11.8. The second-order valence-electron chi connectivity index (χ2n) is 5.29. The van der Waals surface area contributed by atoms with Crippen LogP contribution in [0.15, 0.2) is 18.2 Å². The van der Waals surface area contributed by atoms with Crippen molar-refractivity contribution in [3.8, 4) is 6.07 Å². The molecular weight excluding hydrogens is 210 g/mol. The third-order valence-corrected chi connectivity index (χ3v) is 3.70. The fraction of sp³-hybridized carbons (Fsp3) is 0.500. The Balaban J connectivity index is 2.06. The van der Waals surface area contributed by atoms with Crippen LogP contribution in [0.25, 0.3) is 0 Å². The third kappa shape index (κ3) is 2.71. The zero-order valence-corrected chi connectivity index (χ0v) is 10.3. The van der Waals surface area contributed by atoms with E-state index in [0.29, 0.717) is 16.7 Å². The molecule has 0 radical (unpaired) electrons. The molecule has 0 heterocycles. The van der Waals surface area contributed by atoms with Gasteiger partial charge < -0.3 is 11.1 Å². The van der Waals surface area contributed by atoms with Gasteiger partial charge in [-0.3, -0.25) is 0 Å². The van der Waals surface area contributed by atoms with Crippen LogP contribution in [0.3, 0.4) is 0 Å². The van der Waals surface area contributed by atoms with Crippen molar-refractivity contribution in [1.82, 2.24) is 0 Å². The summed E-state index contributed by atoms with van der Waals surface area (Å²) in [6.45, 7) is 3.25.